The average molecular weight is 467 g/mol. The summed E-state index contributed by atoms with van der Waals surface area (Å²) in [6.07, 6.45) is 4.29. The molecule has 0 aliphatic carbocycles. The smallest absolute Gasteiger partial charge is 0.191 e. The van der Waals surface area contributed by atoms with Gasteiger partial charge in [-0.15, -0.1) is 30.6 Å². The fraction of sp³-hybridized carbons (Fsp3) is 0.350. The number of fused-ring (bicyclic) bond motifs is 1. The van der Waals surface area contributed by atoms with Crippen LogP contribution in [-0.2, 0) is 6.42 Å². The summed E-state index contributed by atoms with van der Waals surface area (Å²) >= 11 is 0. The largest absolute Gasteiger partial charge is 0.493 e. The number of nitrogens with zero attached hydrogens (tertiary/aromatic N) is 1. The number of para-hydroxylation sites is 1. The van der Waals surface area contributed by atoms with E-state index in [-0.39, 0.29) is 30.0 Å². The molecule has 140 valence electrons. The number of nitrogens with one attached hydrogen (secondary N) is 2. The molecule has 0 saturated carbocycles. The summed E-state index contributed by atoms with van der Waals surface area (Å²) in [6, 6.07) is 12.3. The minimum atomic E-state index is 0. The van der Waals surface area contributed by atoms with Gasteiger partial charge in [0.15, 0.2) is 5.96 Å². The molecule has 2 N–H and O–H groups in total. The molecule has 1 aromatic carbocycles. The van der Waals surface area contributed by atoms with E-state index in [1.807, 2.05) is 30.3 Å². The Morgan fingerprint density at radius 2 is 2.19 bits per heavy atom. The summed E-state index contributed by atoms with van der Waals surface area (Å²) < 4.78 is 11.2. The number of hydrogen-bond donors (Lipinski definition) is 2. The van der Waals surface area contributed by atoms with Crippen molar-refractivity contribution in [1.29, 1.82) is 0 Å². The van der Waals surface area contributed by atoms with Crippen LogP contribution in [0.1, 0.15) is 24.2 Å². The molecule has 1 aromatic heterocycles. The summed E-state index contributed by atoms with van der Waals surface area (Å²) in [4.78, 5) is 4.65. The second-order valence-corrected chi connectivity index (χ2v) is 6.12. The van der Waals surface area contributed by atoms with Crippen LogP contribution in [0.4, 0.5) is 0 Å². The maximum atomic E-state index is 5.80. The molecule has 0 saturated heterocycles. The second kappa shape index (κ2) is 10.3. The molecule has 0 fully saturated rings. The Bertz CT molecular complexity index is 716. The van der Waals surface area contributed by atoms with Crippen molar-refractivity contribution >= 4 is 29.9 Å². The van der Waals surface area contributed by atoms with Crippen molar-refractivity contribution in [3.63, 3.8) is 0 Å². The van der Waals surface area contributed by atoms with E-state index in [1.165, 1.54) is 5.56 Å². The molecule has 0 radical (unpaired) electrons. The maximum absolute atomic E-state index is 5.80. The zero-order valence-electron chi connectivity index (χ0n) is 15.0. The molecule has 1 aliphatic heterocycles. The Morgan fingerprint density at radius 3 is 2.96 bits per heavy atom. The van der Waals surface area contributed by atoms with Crippen LogP contribution in [0, 0.1) is 0 Å². The monoisotopic (exact) mass is 467 g/mol. The van der Waals surface area contributed by atoms with Crippen LogP contribution in [0.5, 0.6) is 5.75 Å². The van der Waals surface area contributed by atoms with Crippen LogP contribution in [-0.4, -0.2) is 31.7 Å². The first-order valence-corrected chi connectivity index (χ1v) is 8.68. The summed E-state index contributed by atoms with van der Waals surface area (Å²) in [5, 5.41) is 6.77. The Morgan fingerprint density at radius 1 is 1.35 bits per heavy atom. The highest BCUT2D eigenvalue weighted by atomic mass is 127. The van der Waals surface area contributed by atoms with Crippen molar-refractivity contribution in [3.8, 4) is 5.75 Å². The summed E-state index contributed by atoms with van der Waals surface area (Å²) in [5.74, 6) is 3.01. The van der Waals surface area contributed by atoms with Crippen LogP contribution in [0.15, 0.2) is 64.7 Å². The van der Waals surface area contributed by atoms with E-state index in [2.05, 4.69) is 41.3 Å². The van der Waals surface area contributed by atoms with Gasteiger partial charge in [0.05, 0.1) is 12.9 Å². The van der Waals surface area contributed by atoms with Gasteiger partial charge in [-0.3, -0.25) is 4.99 Å². The van der Waals surface area contributed by atoms with Crippen LogP contribution >= 0.6 is 24.0 Å². The molecule has 2 unspecified atom stereocenters. The minimum absolute atomic E-state index is 0. The van der Waals surface area contributed by atoms with Gasteiger partial charge >= 0.3 is 0 Å². The number of furan rings is 1. The number of rotatable bonds is 7. The van der Waals surface area contributed by atoms with E-state index in [0.717, 1.165) is 23.9 Å². The standard InChI is InChI=1S/C20H25N3O2.HI/c1-3-11-21-20(22-12-10-16-7-6-13-24-16)23-15(2)18-14-25-19-9-5-4-8-17(18)19;/h3-9,13,15,18H,1,10-12,14H2,2H3,(H2,21,22,23);1H. The van der Waals surface area contributed by atoms with Crippen molar-refractivity contribution in [1.82, 2.24) is 10.6 Å². The molecule has 0 spiro atoms. The predicted molar refractivity (Wildman–Crippen MR) is 116 cm³/mol. The minimum Gasteiger partial charge on any atom is -0.493 e. The highest BCUT2D eigenvalue weighted by molar-refractivity contribution is 14.0. The zero-order valence-corrected chi connectivity index (χ0v) is 17.3. The van der Waals surface area contributed by atoms with Gasteiger partial charge in [-0.25, -0.2) is 0 Å². The van der Waals surface area contributed by atoms with Crippen LogP contribution in [0.2, 0.25) is 0 Å². The molecule has 0 bridgehead atoms. The lowest BCUT2D eigenvalue weighted by Gasteiger charge is -2.22. The van der Waals surface area contributed by atoms with Crippen molar-refractivity contribution in [2.45, 2.75) is 25.3 Å². The molecular formula is C20H26IN3O2. The van der Waals surface area contributed by atoms with Crippen LogP contribution in [0.3, 0.4) is 0 Å². The van der Waals surface area contributed by atoms with Gasteiger partial charge in [0.25, 0.3) is 0 Å². The Kier molecular flexibility index (Phi) is 8.03. The van der Waals surface area contributed by atoms with E-state index < -0.39 is 0 Å². The summed E-state index contributed by atoms with van der Waals surface area (Å²) in [6.45, 7) is 7.93. The molecule has 5 nitrogen and oxygen atoms in total. The number of guanidine groups is 1. The van der Waals surface area contributed by atoms with Gasteiger partial charge in [0.2, 0.25) is 0 Å². The fourth-order valence-electron chi connectivity index (χ4n) is 2.97. The van der Waals surface area contributed by atoms with E-state index >= 15 is 0 Å². The third kappa shape index (κ3) is 5.27. The zero-order chi connectivity index (χ0) is 17.5. The highest BCUT2D eigenvalue weighted by Crippen LogP contribution is 2.35. The number of ether oxygens (including phenoxy) is 1. The molecule has 26 heavy (non-hydrogen) atoms. The lowest BCUT2D eigenvalue weighted by molar-refractivity contribution is 0.312. The van der Waals surface area contributed by atoms with Crippen molar-refractivity contribution in [2.24, 2.45) is 4.99 Å². The van der Waals surface area contributed by atoms with Crippen molar-refractivity contribution in [3.05, 3.63) is 66.6 Å². The first kappa shape index (κ1) is 20.4. The third-order valence-electron chi connectivity index (χ3n) is 4.33. The Hall–Kier alpha value is -1.96. The van der Waals surface area contributed by atoms with Gasteiger partial charge < -0.3 is 19.8 Å². The molecule has 2 atom stereocenters. The second-order valence-electron chi connectivity index (χ2n) is 6.12. The third-order valence-corrected chi connectivity index (χ3v) is 4.33. The average Bonchev–Trinajstić information content (AvgIpc) is 3.28. The van der Waals surface area contributed by atoms with Gasteiger partial charge in [-0.2, -0.15) is 0 Å². The lowest BCUT2D eigenvalue weighted by Crippen LogP contribution is -2.45. The number of benzene rings is 1. The molecular weight excluding hydrogens is 441 g/mol. The summed E-state index contributed by atoms with van der Waals surface area (Å²) in [7, 11) is 0. The van der Waals surface area contributed by atoms with Gasteiger partial charge in [-0.1, -0.05) is 24.3 Å². The van der Waals surface area contributed by atoms with Crippen LogP contribution in [0.25, 0.3) is 0 Å². The molecule has 2 heterocycles. The predicted octanol–water partition coefficient (Wildman–Crippen LogP) is 3.73. The summed E-state index contributed by atoms with van der Waals surface area (Å²) in [5.41, 5.74) is 1.25. The molecule has 0 amide bonds. The highest BCUT2D eigenvalue weighted by Gasteiger charge is 2.29. The van der Waals surface area contributed by atoms with E-state index in [1.54, 1.807) is 6.26 Å². The molecule has 3 rings (SSSR count). The first-order chi connectivity index (χ1) is 12.3. The maximum Gasteiger partial charge on any atom is 0.191 e. The topological polar surface area (TPSA) is 58.8 Å². The molecule has 2 aromatic rings. The van der Waals surface area contributed by atoms with Crippen LogP contribution < -0.4 is 15.4 Å². The Balaban J connectivity index is 0.00000243. The van der Waals surface area contributed by atoms with E-state index in [9.17, 15) is 0 Å². The van der Waals surface area contributed by atoms with E-state index in [4.69, 9.17) is 9.15 Å². The van der Waals surface area contributed by atoms with Crippen molar-refractivity contribution < 1.29 is 9.15 Å². The number of halogens is 1. The van der Waals surface area contributed by atoms with Gasteiger partial charge in [-0.05, 0) is 25.1 Å². The first-order valence-electron chi connectivity index (χ1n) is 8.68. The van der Waals surface area contributed by atoms with Gasteiger partial charge in [0.1, 0.15) is 11.5 Å². The Labute approximate surface area is 171 Å². The number of aliphatic imine (C=N–C) groups is 1. The number of hydrogen-bond acceptors (Lipinski definition) is 3. The lowest BCUT2D eigenvalue weighted by atomic mass is 9.94. The molecule has 1 aliphatic rings. The van der Waals surface area contributed by atoms with E-state index in [0.29, 0.717) is 25.6 Å². The fourth-order valence-corrected chi connectivity index (χ4v) is 2.97. The quantitative estimate of drug-likeness (QED) is 0.282. The van der Waals surface area contributed by atoms with Crippen molar-refractivity contribution in [2.75, 3.05) is 19.7 Å². The SMILES string of the molecule is C=CCNC(=NCCc1ccco1)NC(C)C1COc2ccccc21.I. The molecule has 6 heteroatoms. The van der Waals surface area contributed by atoms with Gasteiger partial charge in [0, 0.05) is 37.0 Å². The normalized spacial score (nSPS) is 16.8.